The molecule has 0 aromatic heterocycles. The van der Waals surface area contributed by atoms with Crippen molar-refractivity contribution in [2.24, 2.45) is 0 Å². The van der Waals surface area contributed by atoms with Crippen molar-refractivity contribution in [1.82, 2.24) is 10.2 Å². The van der Waals surface area contributed by atoms with E-state index in [0.717, 1.165) is 24.0 Å². The van der Waals surface area contributed by atoms with Crippen LogP contribution in [0.5, 0.6) is 0 Å². The minimum absolute atomic E-state index is 0.115. The van der Waals surface area contributed by atoms with Crippen LogP contribution in [0.25, 0.3) is 0 Å². The average Bonchev–Trinajstić information content (AvgIpc) is 2.87. The number of amides is 2. The standard InChI is InChI=1S/C27H28F3N3O4S/c1-3-31-27(35)25(15-19-7-5-4-6-8-19)32(17-20-9-11-21(28)12-10-20)26(34)18-33(38(2,36)37)22-13-14-23(29)24(30)16-22/h4-14,16,25H,3,15,17-18H2,1-2H3,(H,31,35)/t25-/m1/s1. The van der Waals surface area contributed by atoms with E-state index in [9.17, 15) is 31.2 Å². The van der Waals surface area contributed by atoms with Crippen LogP contribution in [0.15, 0.2) is 72.8 Å². The van der Waals surface area contributed by atoms with Crippen molar-refractivity contribution in [3.05, 3.63) is 101 Å². The Kier molecular flexibility index (Phi) is 9.51. The number of hydrogen-bond donors (Lipinski definition) is 1. The second-order valence-electron chi connectivity index (χ2n) is 8.62. The molecule has 0 bridgehead atoms. The van der Waals surface area contributed by atoms with Gasteiger partial charge in [0.05, 0.1) is 11.9 Å². The largest absolute Gasteiger partial charge is 0.355 e. The van der Waals surface area contributed by atoms with Gasteiger partial charge in [0.25, 0.3) is 0 Å². The van der Waals surface area contributed by atoms with E-state index in [-0.39, 0.29) is 25.2 Å². The van der Waals surface area contributed by atoms with Gasteiger partial charge in [-0.05, 0) is 42.3 Å². The summed E-state index contributed by atoms with van der Waals surface area (Å²) in [6, 6.07) is 15.7. The Balaban J connectivity index is 2.04. The lowest BCUT2D eigenvalue weighted by Gasteiger charge is -2.33. The third-order valence-electron chi connectivity index (χ3n) is 5.76. The van der Waals surface area contributed by atoms with Gasteiger partial charge in [-0.25, -0.2) is 21.6 Å². The molecule has 3 rings (SSSR count). The summed E-state index contributed by atoms with van der Waals surface area (Å²) in [5, 5.41) is 2.71. The molecule has 2 amide bonds. The van der Waals surface area contributed by atoms with Crippen LogP contribution in [-0.2, 0) is 32.6 Å². The maximum absolute atomic E-state index is 13.9. The van der Waals surface area contributed by atoms with Crippen molar-refractivity contribution in [2.75, 3.05) is 23.7 Å². The molecule has 1 atom stereocenters. The molecular weight excluding hydrogens is 519 g/mol. The van der Waals surface area contributed by atoms with Gasteiger partial charge in [-0.15, -0.1) is 0 Å². The summed E-state index contributed by atoms with van der Waals surface area (Å²) in [6.45, 7) is 1.09. The second-order valence-corrected chi connectivity index (χ2v) is 10.5. The first-order chi connectivity index (χ1) is 18.0. The minimum Gasteiger partial charge on any atom is -0.355 e. The number of nitrogens with one attached hydrogen (secondary N) is 1. The van der Waals surface area contributed by atoms with Crippen molar-refractivity contribution < 1.29 is 31.2 Å². The van der Waals surface area contributed by atoms with Crippen molar-refractivity contribution in [1.29, 1.82) is 0 Å². The van der Waals surface area contributed by atoms with Crippen LogP contribution in [0.1, 0.15) is 18.1 Å². The fraction of sp³-hybridized carbons (Fsp3) is 0.259. The van der Waals surface area contributed by atoms with E-state index in [4.69, 9.17) is 0 Å². The molecule has 11 heteroatoms. The smallest absolute Gasteiger partial charge is 0.244 e. The van der Waals surface area contributed by atoms with Crippen molar-refractivity contribution in [3.8, 4) is 0 Å². The Bertz CT molecular complexity index is 1370. The van der Waals surface area contributed by atoms with Crippen LogP contribution in [-0.4, -0.2) is 50.5 Å². The van der Waals surface area contributed by atoms with Gasteiger partial charge in [0.2, 0.25) is 21.8 Å². The Morgan fingerprint density at radius 1 is 0.895 bits per heavy atom. The molecule has 7 nitrogen and oxygen atoms in total. The summed E-state index contributed by atoms with van der Waals surface area (Å²) in [5.74, 6) is -4.18. The van der Waals surface area contributed by atoms with E-state index in [0.29, 0.717) is 15.9 Å². The molecule has 1 N–H and O–H groups in total. The Hall–Kier alpha value is -3.86. The van der Waals surface area contributed by atoms with Crippen molar-refractivity contribution in [3.63, 3.8) is 0 Å². The van der Waals surface area contributed by atoms with Gasteiger partial charge in [0, 0.05) is 25.6 Å². The topological polar surface area (TPSA) is 86.8 Å². The highest BCUT2D eigenvalue weighted by Crippen LogP contribution is 2.22. The number of sulfonamides is 1. The molecule has 0 saturated carbocycles. The summed E-state index contributed by atoms with van der Waals surface area (Å²) in [7, 11) is -4.12. The highest BCUT2D eigenvalue weighted by Gasteiger charge is 2.33. The van der Waals surface area contributed by atoms with Crippen LogP contribution in [0.4, 0.5) is 18.9 Å². The van der Waals surface area contributed by atoms with Crippen LogP contribution in [0.2, 0.25) is 0 Å². The molecule has 0 heterocycles. The fourth-order valence-corrected chi connectivity index (χ4v) is 4.73. The van der Waals surface area contributed by atoms with Gasteiger partial charge in [0.15, 0.2) is 11.6 Å². The van der Waals surface area contributed by atoms with Crippen LogP contribution in [0, 0.1) is 17.5 Å². The molecule has 0 fully saturated rings. The zero-order chi connectivity index (χ0) is 27.9. The summed E-state index contributed by atoms with van der Waals surface area (Å²) in [5.41, 5.74) is 1.00. The number of benzene rings is 3. The molecule has 3 aromatic carbocycles. The number of likely N-dealkylation sites (N-methyl/N-ethyl adjacent to an activating group) is 1. The molecule has 3 aromatic rings. The predicted molar refractivity (Wildman–Crippen MR) is 138 cm³/mol. The van der Waals surface area contributed by atoms with Gasteiger partial charge < -0.3 is 10.2 Å². The van der Waals surface area contributed by atoms with Gasteiger partial charge in [-0.1, -0.05) is 42.5 Å². The monoisotopic (exact) mass is 547 g/mol. The van der Waals surface area contributed by atoms with Crippen LogP contribution < -0.4 is 9.62 Å². The molecule has 0 spiro atoms. The summed E-state index contributed by atoms with van der Waals surface area (Å²) in [6.07, 6.45) is 0.945. The van der Waals surface area contributed by atoms with Crippen molar-refractivity contribution >= 4 is 27.5 Å². The highest BCUT2D eigenvalue weighted by molar-refractivity contribution is 7.92. The molecule has 0 aliphatic carbocycles. The van der Waals surface area contributed by atoms with Gasteiger partial charge in [0.1, 0.15) is 18.4 Å². The first-order valence-electron chi connectivity index (χ1n) is 11.8. The lowest BCUT2D eigenvalue weighted by atomic mass is 10.0. The molecule has 0 aliphatic heterocycles. The number of hydrogen-bond acceptors (Lipinski definition) is 4. The highest BCUT2D eigenvalue weighted by atomic mass is 32.2. The zero-order valence-corrected chi connectivity index (χ0v) is 21.7. The van der Waals surface area contributed by atoms with Crippen LogP contribution >= 0.6 is 0 Å². The summed E-state index contributed by atoms with van der Waals surface area (Å²) >= 11 is 0. The van der Waals surface area contributed by atoms with E-state index >= 15 is 0 Å². The van der Waals surface area contributed by atoms with E-state index in [2.05, 4.69) is 5.32 Å². The third-order valence-corrected chi connectivity index (χ3v) is 6.90. The third kappa shape index (κ3) is 7.58. The lowest BCUT2D eigenvalue weighted by molar-refractivity contribution is -0.140. The molecule has 202 valence electrons. The summed E-state index contributed by atoms with van der Waals surface area (Å²) < 4.78 is 66.8. The Labute approximate surface area is 219 Å². The minimum atomic E-state index is -4.12. The van der Waals surface area contributed by atoms with E-state index < -0.39 is 51.9 Å². The van der Waals surface area contributed by atoms with Crippen molar-refractivity contribution in [2.45, 2.75) is 25.9 Å². The molecule has 0 aliphatic rings. The number of rotatable bonds is 11. The number of anilines is 1. The molecule has 0 saturated heterocycles. The number of carbonyl (C=O) groups excluding carboxylic acids is 2. The predicted octanol–water partition coefficient (Wildman–Crippen LogP) is 3.65. The van der Waals surface area contributed by atoms with Gasteiger partial charge >= 0.3 is 0 Å². The zero-order valence-electron chi connectivity index (χ0n) is 20.9. The van der Waals surface area contributed by atoms with Gasteiger partial charge in [-0.3, -0.25) is 13.9 Å². The molecule has 0 radical (unpaired) electrons. The van der Waals surface area contributed by atoms with E-state index in [1.807, 2.05) is 0 Å². The first kappa shape index (κ1) is 28.7. The normalized spacial score (nSPS) is 12.0. The number of carbonyl (C=O) groups is 2. The number of halogens is 3. The SMILES string of the molecule is CCNC(=O)[C@@H](Cc1ccccc1)N(Cc1ccc(F)cc1)C(=O)CN(c1ccc(F)c(F)c1)S(C)(=O)=O. The molecule has 38 heavy (non-hydrogen) atoms. The van der Waals surface area contributed by atoms with E-state index in [1.165, 1.54) is 29.2 Å². The Morgan fingerprint density at radius 3 is 2.13 bits per heavy atom. The number of nitrogens with zero attached hydrogens (tertiary/aromatic N) is 2. The quantitative estimate of drug-likeness (QED) is 0.397. The molecule has 0 unspecified atom stereocenters. The maximum Gasteiger partial charge on any atom is 0.244 e. The van der Waals surface area contributed by atoms with Gasteiger partial charge in [-0.2, -0.15) is 0 Å². The lowest BCUT2D eigenvalue weighted by Crippen LogP contribution is -2.53. The maximum atomic E-state index is 13.9. The second kappa shape index (κ2) is 12.6. The average molecular weight is 548 g/mol. The Morgan fingerprint density at radius 2 is 1.55 bits per heavy atom. The van der Waals surface area contributed by atoms with Crippen LogP contribution in [0.3, 0.4) is 0 Å². The summed E-state index contributed by atoms with van der Waals surface area (Å²) in [4.78, 5) is 28.1. The van der Waals surface area contributed by atoms with E-state index in [1.54, 1.807) is 37.3 Å². The fourth-order valence-electron chi connectivity index (χ4n) is 3.89. The first-order valence-corrected chi connectivity index (χ1v) is 13.6. The molecular formula is C27H28F3N3O4S.